The first-order chi connectivity index (χ1) is 15.9. The van der Waals surface area contributed by atoms with Crippen LogP contribution in [0.4, 0.5) is 8.78 Å². The molecule has 4 aromatic rings. The number of fused-ring (bicyclic) bond motifs is 2. The number of benzene rings is 2. The molecule has 0 saturated heterocycles. The number of aromatic nitrogens is 2. The van der Waals surface area contributed by atoms with Crippen molar-refractivity contribution in [3.63, 3.8) is 0 Å². The van der Waals surface area contributed by atoms with Crippen LogP contribution in [-0.2, 0) is 12.3 Å². The molecule has 6 nitrogen and oxygen atoms in total. The molecule has 0 unspecified atom stereocenters. The molecular formula is C25H20F2N6. The average Bonchev–Trinajstić information content (AvgIpc) is 2.84. The number of nitrogens with one attached hydrogen (secondary N) is 2. The number of hydrogen-bond donors (Lipinski definition) is 2. The number of rotatable bonds is 6. The standard InChI is InChI=1S/C25H20F2N6/c1-30-33(23(28)10-4-6-17-14-18-7-2-3-9-21(18)32-16-17)24(29)25(26,27)20-11-12-22-19(15-20)8-5-13-31-22/h2-5,7-16,28-29H,1,6H2/b10-4-,28-23?,29-24?. The van der Waals surface area contributed by atoms with Gasteiger partial charge in [-0.05, 0) is 48.4 Å². The molecule has 0 amide bonds. The second kappa shape index (κ2) is 9.04. The lowest BCUT2D eigenvalue weighted by atomic mass is 10.0. The molecule has 8 heteroatoms. The lowest BCUT2D eigenvalue weighted by Crippen LogP contribution is -2.40. The first-order valence-corrected chi connectivity index (χ1v) is 10.1. The summed E-state index contributed by atoms with van der Waals surface area (Å²) in [5, 5.41) is 21.7. The molecule has 0 aliphatic heterocycles. The maximum absolute atomic E-state index is 15.1. The summed E-state index contributed by atoms with van der Waals surface area (Å²) in [5.41, 5.74) is 1.96. The van der Waals surface area contributed by atoms with E-state index in [4.69, 9.17) is 10.8 Å². The lowest BCUT2D eigenvalue weighted by Gasteiger charge is -2.25. The summed E-state index contributed by atoms with van der Waals surface area (Å²) in [6, 6.07) is 17.0. The van der Waals surface area contributed by atoms with E-state index in [0.29, 0.717) is 22.3 Å². The van der Waals surface area contributed by atoms with Gasteiger partial charge in [-0.25, -0.2) is 0 Å². The highest BCUT2D eigenvalue weighted by Crippen LogP contribution is 2.32. The number of hydrazone groups is 1. The maximum Gasteiger partial charge on any atom is 0.331 e. The minimum atomic E-state index is -3.69. The van der Waals surface area contributed by atoms with Crippen molar-refractivity contribution in [2.75, 3.05) is 0 Å². The normalized spacial score (nSPS) is 11.7. The van der Waals surface area contributed by atoms with E-state index in [0.717, 1.165) is 16.5 Å². The molecular weight excluding hydrogens is 422 g/mol. The van der Waals surface area contributed by atoms with Crippen molar-refractivity contribution >= 4 is 40.2 Å². The monoisotopic (exact) mass is 442 g/mol. The Bertz CT molecular complexity index is 1400. The van der Waals surface area contributed by atoms with Crippen LogP contribution in [0.5, 0.6) is 0 Å². The number of amidine groups is 2. The van der Waals surface area contributed by atoms with Crippen LogP contribution in [0.2, 0.25) is 0 Å². The van der Waals surface area contributed by atoms with Crippen LogP contribution in [0.1, 0.15) is 11.1 Å². The number of nitrogens with zero attached hydrogens (tertiary/aromatic N) is 4. The molecule has 33 heavy (non-hydrogen) atoms. The summed E-state index contributed by atoms with van der Waals surface area (Å²) in [5.74, 6) is -5.25. The van der Waals surface area contributed by atoms with Crippen molar-refractivity contribution < 1.29 is 8.78 Å². The number of para-hydroxylation sites is 1. The molecule has 0 atom stereocenters. The molecule has 4 rings (SSSR count). The van der Waals surface area contributed by atoms with Crippen molar-refractivity contribution in [3.05, 3.63) is 96.3 Å². The minimum absolute atomic E-state index is 0.388. The van der Waals surface area contributed by atoms with Gasteiger partial charge in [-0.15, -0.1) is 0 Å². The number of allylic oxidation sites excluding steroid dienone is 1. The Morgan fingerprint density at radius 1 is 1.00 bits per heavy atom. The predicted molar refractivity (Wildman–Crippen MR) is 127 cm³/mol. The third-order valence-corrected chi connectivity index (χ3v) is 5.12. The third kappa shape index (κ3) is 4.50. The lowest BCUT2D eigenvalue weighted by molar-refractivity contribution is 0.0642. The Morgan fingerprint density at radius 2 is 1.73 bits per heavy atom. The van der Waals surface area contributed by atoms with Gasteiger partial charge < -0.3 is 0 Å². The van der Waals surface area contributed by atoms with Gasteiger partial charge >= 0.3 is 5.92 Å². The third-order valence-electron chi connectivity index (χ3n) is 5.12. The van der Waals surface area contributed by atoms with Crippen LogP contribution >= 0.6 is 0 Å². The Labute approximate surface area is 188 Å². The van der Waals surface area contributed by atoms with Crippen molar-refractivity contribution in [2.45, 2.75) is 12.3 Å². The summed E-state index contributed by atoms with van der Waals surface area (Å²) >= 11 is 0. The second-order valence-corrected chi connectivity index (χ2v) is 7.32. The van der Waals surface area contributed by atoms with Crippen LogP contribution in [-0.4, -0.2) is 33.4 Å². The molecule has 2 aromatic carbocycles. The first kappa shape index (κ1) is 21.9. The Balaban J connectivity index is 1.50. The van der Waals surface area contributed by atoms with E-state index in [2.05, 4.69) is 21.8 Å². The highest BCUT2D eigenvalue weighted by atomic mass is 19.3. The van der Waals surface area contributed by atoms with Crippen molar-refractivity contribution in [1.29, 1.82) is 10.8 Å². The van der Waals surface area contributed by atoms with E-state index >= 15 is 8.78 Å². The predicted octanol–water partition coefficient (Wildman–Crippen LogP) is 5.55. The summed E-state index contributed by atoms with van der Waals surface area (Å²) < 4.78 is 30.2. The Morgan fingerprint density at radius 3 is 2.55 bits per heavy atom. The van der Waals surface area contributed by atoms with Gasteiger partial charge in [0, 0.05) is 35.4 Å². The van der Waals surface area contributed by atoms with Crippen LogP contribution in [0, 0.1) is 10.8 Å². The SMILES string of the molecule is C=NN(C(=N)/C=C\Cc1cnc2ccccc2c1)C(=N)C(F)(F)c1ccc2ncccc2c1. The highest BCUT2D eigenvalue weighted by Gasteiger charge is 2.41. The van der Waals surface area contributed by atoms with Crippen LogP contribution < -0.4 is 0 Å². The molecule has 2 aromatic heterocycles. The van der Waals surface area contributed by atoms with E-state index in [1.165, 1.54) is 24.3 Å². The van der Waals surface area contributed by atoms with E-state index in [1.807, 2.05) is 30.3 Å². The van der Waals surface area contributed by atoms with Gasteiger partial charge in [0.2, 0.25) is 0 Å². The fourth-order valence-corrected chi connectivity index (χ4v) is 3.41. The van der Waals surface area contributed by atoms with Gasteiger partial charge in [0.25, 0.3) is 0 Å². The van der Waals surface area contributed by atoms with Crippen LogP contribution in [0.3, 0.4) is 0 Å². The summed E-state index contributed by atoms with van der Waals surface area (Å²) in [6.07, 6.45) is 6.70. The fraction of sp³-hybridized carbons (Fsp3) is 0.0800. The van der Waals surface area contributed by atoms with E-state index < -0.39 is 17.6 Å². The number of halogens is 2. The average molecular weight is 442 g/mol. The van der Waals surface area contributed by atoms with Gasteiger partial charge in [0.1, 0.15) is 5.84 Å². The zero-order valence-electron chi connectivity index (χ0n) is 17.5. The summed E-state index contributed by atoms with van der Waals surface area (Å²) in [7, 11) is 0. The molecule has 0 saturated carbocycles. The largest absolute Gasteiger partial charge is 0.331 e. The topological polar surface area (TPSA) is 89.1 Å². The number of hydrogen-bond acceptors (Lipinski definition) is 5. The van der Waals surface area contributed by atoms with Gasteiger partial charge in [-0.2, -0.15) is 18.9 Å². The first-order valence-electron chi connectivity index (χ1n) is 10.1. The second-order valence-electron chi connectivity index (χ2n) is 7.32. The van der Waals surface area contributed by atoms with Gasteiger partial charge in [0.05, 0.1) is 11.0 Å². The number of pyridine rings is 2. The van der Waals surface area contributed by atoms with E-state index in [-0.39, 0.29) is 5.56 Å². The van der Waals surface area contributed by atoms with E-state index in [9.17, 15) is 0 Å². The van der Waals surface area contributed by atoms with Crippen molar-refractivity contribution in [2.24, 2.45) is 5.10 Å². The Hall–Kier alpha value is -4.33. The molecule has 164 valence electrons. The molecule has 0 bridgehead atoms. The smallest absolute Gasteiger partial charge is 0.283 e. The highest BCUT2D eigenvalue weighted by molar-refractivity contribution is 6.06. The van der Waals surface area contributed by atoms with Crippen LogP contribution in [0.25, 0.3) is 21.8 Å². The minimum Gasteiger partial charge on any atom is -0.283 e. The fourth-order valence-electron chi connectivity index (χ4n) is 3.41. The molecule has 0 fully saturated rings. The molecule has 0 spiro atoms. The molecule has 2 heterocycles. The van der Waals surface area contributed by atoms with E-state index in [1.54, 1.807) is 30.6 Å². The zero-order chi connectivity index (χ0) is 23.4. The maximum atomic E-state index is 15.1. The van der Waals surface area contributed by atoms with Crippen molar-refractivity contribution in [1.82, 2.24) is 15.0 Å². The molecule has 0 aliphatic rings. The Kier molecular flexibility index (Phi) is 5.99. The quantitative estimate of drug-likeness (QED) is 0.233. The number of alkyl halides is 2. The van der Waals surface area contributed by atoms with Gasteiger partial charge in [0.15, 0.2) is 5.84 Å². The zero-order valence-corrected chi connectivity index (χ0v) is 17.5. The van der Waals surface area contributed by atoms with Gasteiger partial charge in [-0.3, -0.25) is 20.8 Å². The summed E-state index contributed by atoms with van der Waals surface area (Å²) in [4.78, 5) is 8.50. The van der Waals surface area contributed by atoms with Gasteiger partial charge in [-0.1, -0.05) is 36.4 Å². The van der Waals surface area contributed by atoms with Crippen LogP contribution in [0.15, 0.2) is 90.3 Å². The molecule has 0 aliphatic carbocycles. The summed E-state index contributed by atoms with van der Waals surface area (Å²) in [6.45, 7) is 3.27. The molecule has 0 radical (unpaired) electrons. The molecule has 2 N–H and O–H groups in total. The van der Waals surface area contributed by atoms with Crippen molar-refractivity contribution in [3.8, 4) is 0 Å².